The van der Waals surface area contributed by atoms with E-state index >= 15 is 0 Å². The second kappa shape index (κ2) is 6.69. The van der Waals surface area contributed by atoms with Crippen molar-refractivity contribution in [3.05, 3.63) is 90.5 Å². The predicted molar refractivity (Wildman–Crippen MR) is 105 cm³/mol. The molecule has 3 aromatic carbocycles. The quantitative estimate of drug-likeness (QED) is 0.599. The molecule has 0 bridgehead atoms. The molecule has 0 unspecified atom stereocenters. The van der Waals surface area contributed by atoms with Gasteiger partial charge in [-0.15, -0.1) is 0 Å². The highest BCUT2D eigenvalue weighted by Gasteiger charge is 2.25. The first-order chi connectivity index (χ1) is 10.8. The minimum Gasteiger partial charge on any atom is -0.0622 e. The van der Waals surface area contributed by atoms with Crippen LogP contribution >= 0.6 is 22.8 Å². The van der Waals surface area contributed by atoms with Gasteiger partial charge < -0.3 is 0 Å². The number of hydrogen-bond donors (Lipinski definition) is 0. The largest absolute Gasteiger partial charge is 0.0622 e. The molecule has 0 amide bonds. The van der Waals surface area contributed by atoms with Gasteiger partial charge in [0, 0.05) is 0 Å². The molecule has 0 N–H and O–H groups in total. The van der Waals surface area contributed by atoms with Gasteiger partial charge in [0.05, 0.1) is 0 Å². The summed E-state index contributed by atoms with van der Waals surface area (Å²) in [5, 5.41) is 4.14. The summed E-state index contributed by atoms with van der Waals surface area (Å²) in [6.07, 6.45) is 0. The van der Waals surface area contributed by atoms with Crippen molar-refractivity contribution in [1.29, 1.82) is 0 Å². The molecule has 0 aliphatic carbocycles. The number of hydrogen-bond acceptors (Lipinski definition) is 0. The Labute approximate surface area is 140 Å². The summed E-state index contributed by atoms with van der Waals surface area (Å²) in [6.45, 7) is 0.421. The van der Waals surface area contributed by atoms with Crippen molar-refractivity contribution in [2.24, 2.45) is 0 Å². The van der Waals surface area contributed by atoms with Crippen molar-refractivity contribution in [3.63, 3.8) is 0 Å². The van der Waals surface area contributed by atoms with Crippen LogP contribution in [-0.4, -0.2) is 4.71 Å². The lowest BCUT2D eigenvalue weighted by Gasteiger charge is -2.29. The molecule has 3 aromatic rings. The Balaban J connectivity index is 2.40. The Hall–Kier alpha value is -1.56. The van der Waals surface area contributed by atoms with E-state index < -0.39 is 6.89 Å². The molecule has 3 rings (SSSR count). The van der Waals surface area contributed by atoms with E-state index in [-0.39, 0.29) is 0 Å². The molecule has 0 saturated carbocycles. The number of benzene rings is 3. The van der Waals surface area contributed by atoms with Crippen LogP contribution < -0.4 is 15.9 Å². The summed E-state index contributed by atoms with van der Waals surface area (Å²) >= 11 is 3.74. The molecule has 110 valence electrons. The molecule has 0 nitrogen and oxygen atoms in total. The smallest absolute Gasteiger partial charge is 0.00872 e. The van der Waals surface area contributed by atoms with E-state index in [0.29, 0.717) is 0 Å². The number of rotatable bonds is 3. The molecule has 0 aliphatic heterocycles. The van der Waals surface area contributed by atoms with Crippen molar-refractivity contribution in [1.82, 2.24) is 0 Å². The zero-order chi connectivity index (χ0) is 15.4. The Morgan fingerprint density at radius 2 is 1.14 bits per heavy atom. The average molecular weight is 369 g/mol. The summed E-state index contributed by atoms with van der Waals surface area (Å²) in [5.74, 6) is 0. The third kappa shape index (κ3) is 2.60. The lowest BCUT2D eigenvalue weighted by Crippen LogP contribution is -2.27. The Bertz CT molecular complexity index is 764. The van der Waals surface area contributed by atoms with Crippen LogP contribution in [0.4, 0.5) is 0 Å². The fourth-order valence-electron chi connectivity index (χ4n) is 2.88. The second-order valence-electron chi connectivity index (χ2n) is 5.28. The Kier molecular flexibility index (Phi) is 4.66. The van der Waals surface area contributed by atoms with Gasteiger partial charge in [-0.2, -0.15) is 0 Å². The molecule has 0 saturated heterocycles. The van der Waals surface area contributed by atoms with Crippen molar-refractivity contribution in [2.45, 2.75) is 6.92 Å². The lowest BCUT2D eigenvalue weighted by molar-refractivity contribution is 1.52. The van der Waals surface area contributed by atoms with Crippen molar-refractivity contribution in [3.8, 4) is 0 Å². The molecule has 0 aliphatic rings. The Morgan fingerprint density at radius 3 is 1.59 bits per heavy atom. The maximum absolute atomic E-state index is 3.74. The molecule has 0 atom stereocenters. The van der Waals surface area contributed by atoms with Gasteiger partial charge in [0.1, 0.15) is 0 Å². The van der Waals surface area contributed by atoms with Crippen LogP contribution in [0.25, 0.3) is 0 Å². The predicted octanol–water partition coefficient (Wildman–Crippen LogP) is 4.44. The SMILES string of the molecule is Cc1ccccc1P(=CBr)(c1ccccc1)c1ccccc1. The van der Waals surface area contributed by atoms with Crippen LogP contribution in [0.1, 0.15) is 5.56 Å². The molecular formula is C20H18BrP. The fraction of sp³-hybridized carbons (Fsp3) is 0.0500. The molecule has 2 heteroatoms. The maximum atomic E-state index is 3.74. The molecule has 0 fully saturated rings. The van der Waals surface area contributed by atoms with Crippen LogP contribution in [0, 0.1) is 6.92 Å². The number of aryl methyl sites for hydroxylation is 1. The van der Waals surface area contributed by atoms with Crippen LogP contribution in [0.15, 0.2) is 84.9 Å². The number of halogens is 1. The van der Waals surface area contributed by atoms with Gasteiger partial charge in [0.2, 0.25) is 0 Å². The van der Waals surface area contributed by atoms with Gasteiger partial charge >= 0.3 is 0 Å². The highest BCUT2D eigenvalue weighted by atomic mass is 79.9. The normalized spacial score (nSPS) is 11.2. The highest BCUT2D eigenvalue weighted by molar-refractivity contribution is 9.19. The van der Waals surface area contributed by atoms with Crippen LogP contribution in [0.3, 0.4) is 0 Å². The zero-order valence-corrected chi connectivity index (χ0v) is 15.0. The van der Waals surface area contributed by atoms with Crippen molar-refractivity contribution < 1.29 is 0 Å². The summed E-state index contributed by atoms with van der Waals surface area (Å²) in [7, 11) is 0. The first kappa shape index (κ1) is 15.3. The van der Waals surface area contributed by atoms with Gasteiger partial charge in [-0.1, -0.05) is 101 Å². The van der Waals surface area contributed by atoms with E-state index in [1.807, 2.05) is 0 Å². The van der Waals surface area contributed by atoms with Crippen LogP contribution in [0.2, 0.25) is 0 Å². The average Bonchev–Trinajstić information content (AvgIpc) is 2.59. The van der Waals surface area contributed by atoms with Gasteiger partial charge in [0.15, 0.2) is 0 Å². The lowest BCUT2D eigenvalue weighted by atomic mass is 10.2. The molecule has 0 spiro atoms. The van der Waals surface area contributed by atoms with E-state index in [2.05, 4.69) is 112 Å². The summed E-state index contributed by atoms with van der Waals surface area (Å²) in [4.78, 5) is 0. The van der Waals surface area contributed by atoms with E-state index in [4.69, 9.17) is 0 Å². The minimum atomic E-state index is -1.78. The summed E-state index contributed by atoms with van der Waals surface area (Å²) < 4.78 is 2.24. The van der Waals surface area contributed by atoms with Crippen molar-refractivity contribution in [2.75, 3.05) is 0 Å². The van der Waals surface area contributed by atoms with Gasteiger partial charge in [-0.05, 0) is 40.0 Å². The Morgan fingerprint density at radius 1 is 0.682 bits per heavy atom. The minimum absolute atomic E-state index is 1.33. The molecule has 0 aromatic heterocycles. The zero-order valence-electron chi connectivity index (χ0n) is 12.5. The van der Waals surface area contributed by atoms with Crippen molar-refractivity contribution >= 4 is 43.4 Å². The standard InChI is InChI=1S/C20H18BrP/c1-17-10-8-9-15-20(17)22(16-21,18-11-4-2-5-12-18)19-13-6-3-7-14-19/h2-16H,1H3. The van der Waals surface area contributed by atoms with Gasteiger partial charge in [-0.3, -0.25) is 0 Å². The first-order valence-electron chi connectivity index (χ1n) is 7.30. The molecular weight excluding hydrogens is 351 g/mol. The highest BCUT2D eigenvalue weighted by Crippen LogP contribution is 2.45. The molecule has 22 heavy (non-hydrogen) atoms. The van der Waals surface area contributed by atoms with Gasteiger partial charge in [-0.25, -0.2) is 0 Å². The molecule has 0 heterocycles. The summed E-state index contributed by atoms with van der Waals surface area (Å²) in [6, 6.07) is 30.3. The molecule has 0 radical (unpaired) electrons. The van der Waals surface area contributed by atoms with E-state index in [1.54, 1.807) is 0 Å². The maximum Gasteiger partial charge on any atom is -0.00872 e. The van der Waals surface area contributed by atoms with Crippen LogP contribution in [0.5, 0.6) is 0 Å². The monoisotopic (exact) mass is 368 g/mol. The summed E-state index contributed by atoms with van der Waals surface area (Å²) in [5.41, 5.74) is 1.33. The van der Waals surface area contributed by atoms with E-state index in [1.165, 1.54) is 21.5 Å². The third-order valence-electron chi connectivity index (χ3n) is 3.97. The van der Waals surface area contributed by atoms with E-state index in [0.717, 1.165) is 0 Å². The van der Waals surface area contributed by atoms with Crippen LogP contribution in [-0.2, 0) is 0 Å². The van der Waals surface area contributed by atoms with Gasteiger partial charge in [0.25, 0.3) is 0 Å². The fourth-order valence-corrected chi connectivity index (χ4v) is 8.38. The third-order valence-corrected chi connectivity index (χ3v) is 9.59. The second-order valence-corrected chi connectivity index (χ2v) is 9.66. The van der Waals surface area contributed by atoms with E-state index in [9.17, 15) is 0 Å². The topological polar surface area (TPSA) is 0 Å². The first-order valence-corrected chi connectivity index (χ1v) is 10.1.